The van der Waals surface area contributed by atoms with Crippen LogP contribution in [0.3, 0.4) is 0 Å². The highest BCUT2D eigenvalue weighted by atomic mass is 15.3. The van der Waals surface area contributed by atoms with Gasteiger partial charge >= 0.3 is 0 Å². The predicted molar refractivity (Wildman–Crippen MR) is 83.8 cm³/mol. The van der Waals surface area contributed by atoms with Crippen molar-refractivity contribution in [3.8, 4) is 0 Å². The molecule has 0 amide bonds. The molecule has 20 heavy (non-hydrogen) atoms. The fraction of sp³-hybridized carbons (Fsp3) is 0.333. The van der Waals surface area contributed by atoms with Crippen LogP contribution in [-0.4, -0.2) is 42.9 Å². The molecular weight excluding hydrogens is 244 g/mol. The van der Waals surface area contributed by atoms with E-state index in [0.29, 0.717) is 4.90 Å². The molecule has 0 unspecified atom stereocenters. The fourth-order valence-electron chi connectivity index (χ4n) is 1.74. The molecule has 2 aromatic rings. The van der Waals surface area contributed by atoms with Crippen LogP contribution in [0.1, 0.15) is 37.7 Å². The summed E-state index contributed by atoms with van der Waals surface area (Å²) >= 11 is 0. The van der Waals surface area contributed by atoms with Gasteiger partial charge in [-0.2, -0.15) is 0 Å². The summed E-state index contributed by atoms with van der Waals surface area (Å²) in [5, 5.41) is 0. The van der Waals surface area contributed by atoms with Gasteiger partial charge < -0.3 is 4.90 Å². The molecule has 0 N–H and O–H groups in total. The van der Waals surface area contributed by atoms with Crippen LogP contribution >= 0.6 is 0 Å². The summed E-state index contributed by atoms with van der Waals surface area (Å²) in [7, 11) is 1.42. The van der Waals surface area contributed by atoms with Crippen molar-refractivity contribution in [1.29, 1.82) is 0 Å². The van der Waals surface area contributed by atoms with Crippen molar-refractivity contribution in [3.05, 3.63) is 71.6 Å². The maximum atomic E-state index is 9.46. The van der Waals surface area contributed by atoms with Gasteiger partial charge in [0.25, 0.3) is 0 Å². The Balaban J connectivity index is 2.64. The van der Waals surface area contributed by atoms with Gasteiger partial charge in [0.1, 0.15) is 0 Å². The molecule has 1 aliphatic rings. The summed E-state index contributed by atoms with van der Waals surface area (Å²) < 4.78 is 125. The highest BCUT2D eigenvalue weighted by Gasteiger charge is 2.24. The molecule has 0 aliphatic carbocycles. The standard InChI is InChI=1S/C18H22N2/c1-19-12-14-20(15-13-19)18(16-8-4-2-5-9-16)17-10-6-3-7-11-17/h2-11,18H,12-15H2,1H3/i2D,3D,4D,5D,6D,7D,8D,9D,10D,11D,14D2,15D2,18D. The third-order valence-corrected chi connectivity index (χ3v) is 2.69. The molecular formula is C18H22N2. The second-order valence-corrected chi connectivity index (χ2v) is 4.17. The highest BCUT2D eigenvalue weighted by molar-refractivity contribution is 5.31. The molecule has 2 nitrogen and oxygen atoms in total. The van der Waals surface area contributed by atoms with E-state index in [-0.39, 0.29) is 0 Å². The lowest BCUT2D eigenvalue weighted by Gasteiger charge is -2.38. The van der Waals surface area contributed by atoms with Crippen molar-refractivity contribution >= 4 is 0 Å². The molecule has 1 heterocycles. The van der Waals surface area contributed by atoms with E-state index in [2.05, 4.69) is 0 Å². The predicted octanol–water partition coefficient (Wildman–Crippen LogP) is 3.02. The number of piperazine rings is 1. The largest absolute Gasteiger partial charge is 0.304 e. The van der Waals surface area contributed by atoms with Crippen LogP contribution in [0.2, 0.25) is 0 Å². The van der Waals surface area contributed by atoms with E-state index in [0.717, 1.165) is 0 Å². The summed E-state index contributed by atoms with van der Waals surface area (Å²) in [6, 6.07) is -12.4. The number of hydrogen-bond acceptors (Lipinski definition) is 2. The van der Waals surface area contributed by atoms with Crippen molar-refractivity contribution in [2.45, 2.75) is 6.02 Å². The third kappa shape index (κ3) is 2.92. The molecule has 0 bridgehead atoms. The van der Waals surface area contributed by atoms with E-state index < -0.39 is 104 Å². The normalized spacial score (nSPS) is 33.8. The van der Waals surface area contributed by atoms with Gasteiger partial charge in [-0.25, -0.2) is 0 Å². The van der Waals surface area contributed by atoms with Gasteiger partial charge in [0.15, 0.2) is 0 Å². The zero-order valence-corrected chi connectivity index (χ0v) is 10.8. The zero-order valence-electron chi connectivity index (χ0n) is 25.8. The van der Waals surface area contributed by atoms with Crippen LogP contribution in [0.4, 0.5) is 0 Å². The molecule has 3 rings (SSSR count). The molecule has 1 aliphatic heterocycles. The van der Waals surface area contributed by atoms with Crippen LogP contribution in [0, 0.1) is 0 Å². The van der Waals surface area contributed by atoms with E-state index in [1.807, 2.05) is 0 Å². The SMILES string of the molecule is [2H]c1c([2H])c([2H])c(C([2H])(c2c([2H])c([2H])c([2H])c([2H])c2[2H])N2C([2H])([2H])CN(C)CC2([2H])[2H])c([2H])c1[2H]. The fourth-order valence-corrected chi connectivity index (χ4v) is 1.74. The van der Waals surface area contributed by atoms with E-state index >= 15 is 0 Å². The third-order valence-electron chi connectivity index (χ3n) is 2.69. The average Bonchev–Trinajstić information content (AvgIpc) is 2.71. The van der Waals surface area contributed by atoms with Gasteiger partial charge in [0, 0.05) is 31.6 Å². The Bertz CT molecular complexity index is 1070. The van der Waals surface area contributed by atoms with Crippen LogP contribution in [0.25, 0.3) is 0 Å². The lowest BCUT2D eigenvalue weighted by atomic mass is 9.96. The minimum absolute atomic E-state index is 0.300. The molecule has 1 fully saturated rings. The molecule has 2 heteroatoms. The van der Waals surface area contributed by atoms with Gasteiger partial charge in [-0.1, -0.05) is 60.4 Å². The molecule has 1 saturated heterocycles. The average molecular weight is 281 g/mol. The summed E-state index contributed by atoms with van der Waals surface area (Å²) in [5.74, 6) is 0. The zero-order chi connectivity index (χ0) is 27.0. The van der Waals surface area contributed by atoms with Gasteiger partial charge in [-0.15, -0.1) is 0 Å². The number of nitrogens with zero attached hydrogens (tertiary/aromatic N) is 2. The van der Waals surface area contributed by atoms with Crippen LogP contribution in [-0.2, 0) is 0 Å². The van der Waals surface area contributed by atoms with E-state index in [4.69, 9.17) is 19.2 Å². The Kier molecular flexibility index (Phi) is 1.37. The van der Waals surface area contributed by atoms with Gasteiger partial charge in [0.05, 0.1) is 21.1 Å². The highest BCUT2D eigenvalue weighted by Crippen LogP contribution is 2.29. The maximum Gasteiger partial charge on any atom is 0.0626 e. The van der Waals surface area contributed by atoms with Crippen molar-refractivity contribution in [1.82, 2.24) is 9.80 Å². The first-order valence-electron chi connectivity index (χ1n) is 13.5. The summed E-state index contributed by atoms with van der Waals surface area (Å²) in [6.07, 6.45) is 0. The first-order chi connectivity index (χ1) is 15.8. The molecule has 0 atom stereocenters. The quantitative estimate of drug-likeness (QED) is 0.853. The first kappa shape index (κ1) is 4.43. The maximum absolute atomic E-state index is 9.46. The van der Waals surface area contributed by atoms with Crippen molar-refractivity contribution in [2.75, 3.05) is 33.1 Å². The van der Waals surface area contributed by atoms with Crippen molar-refractivity contribution in [2.24, 2.45) is 0 Å². The Hall–Kier alpha value is -1.64. The van der Waals surface area contributed by atoms with Crippen LogP contribution in [0.15, 0.2) is 60.4 Å². The van der Waals surface area contributed by atoms with Crippen molar-refractivity contribution < 1.29 is 20.6 Å². The van der Waals surface area contributed by atoms with Crippen LogP contribution in [0.5, 0.6) is 0 Å². The number of likely N-dealkylation sites (N-methyl/N-ethyl adjacent to an activating group) is 1. The first-order valence-corrected chi connectivity index (χ1v) is 5.96. The second-order valence-electron chi connectivity index (χ2n) is 4.17. The number of hydrogen-bond donors (Lipinski definition) is 0. The lowest BCUT2D eigenvalue weighted by molar-refractivity contribution is 0.127. The van der Waals surface area contributed by atoms with Gasteiger partial charge in [-0.05, 0) is 18.2 Å². The number of benzene rings is 2. The summed E-state index contributed by atoms with van der Waals surface area (Å²) in [4.78, 5) is 1.59. The molecule has 0 radical (unpaired) electrons. The Morgan fingerprint density at radius 1 is 0.950 bits per heavy atom. The minimum atomic E-state index is -3.17. The smallest absolute Gasteiger partial charge is 0.0626 e. The van der Waals surface area contributed by atoms with Crippen LogP contribution < -0.4 is 0 Å². The Morgan fingerprint density at radius 3 is 1.85 bits per heavy atom. The Labute approximate surface area is 142 Å². The van der Waals surface area contributed by atoms with Gasteiger partial charge in [0.2, 0.25) is 0 Å². The van der Waals surface area contributed by atoms with Crippen molar-refractivity contribution in [3.63, 3.8) is 0 Å². The molecule has 104 valence electrons. The molecule has 0 saturated carbocycles. The Morgan fingerprint density at radius 2 is 1.40 bits per heavy atom. The molecule has 2 aromatic carbocycles. The summed E-state index contributed by atoms with van der Waals surface area (Å²) in [5.41, 5.74) is -1.86. The lowest BCUT2D eigenvalue weighted by Crippen LogP contribution is -2.46. The number of rotatable bonds is 3. The molecule has 0 aromatic heterocycles. The monoisotopic (exact) mass is 281 g/mol. The van der Waals surface area contributed by atoms with E-state index in [1.54, 1.807) is 0 Å². The summed E-state index contributed by atoms with van der Waals surface area (Å²) in [6.45, 7) is -6.46. The second kappa shape index (κ2) is 6.21. The molecule has 0 spiro atoms. The topological polar surface area (TPSA) is 6.48 Å². The minimum Gasteiger partial charge on any atom is -0.304 e. The van der Waals surface area contributed by atoms with E-state index in [1.165, 1.54) is 11.9 Å². The van der Waals surface area contributed by atoms with Gasteiger partial charge in [-0.3, -0.25) is 4.90 Å². The van der Waals surface area contributed by atoms with E-state index in [9.17, 15) is 1.37 Å².